The molecule has 0 amide bonds. The third-order valence-corrected chi connectivity index (χ3v) is 5.12. The van der Waals surface area contributed by atoms with Crippen LogP contribution in [0, 0.1) is 11.3 Å². The monoisotopic (exact) mass is 255 g/mol. The Kier molecular flexibility index (Phi) is 5.05. The minimum absolute atomic E-state index is 0.0103. The fourth-order valence-corrected chi connectivity index (χ4v) is 3.60. The summed E-state index contributed by atoms with van der Waals surface area (Å²) in [5.74, 6) is 0.955. The van der Waals surface area contributed by atoms with Gasteiger partial charge < -0.3 is 14.7 Å². The van der Waals surface area contributed by atoms with Gasteiger partial charge in [-0.15, -0.1) is 0 Å². The largest absolute Gasteiger partial charge is 0.396 e. The highest BCUT2D eigenvalue weighted by atomic mass is 16.5. The highest BCUT2D eigenvalue weighted by molar-refractivity contribution is 4.88. The first-order valence-electron chi connectivity index (χ1n) is 7.58. The summed E-state index contributed by atoms with van der Waals surface area (Å²) in [5, 5.41) is 9.64. The van der Waals surface area contributed by atoms with Gasteiger partial charge in [0, 0.05) is 24.6 Å². The van der Waals surface area contributed by atoms with E-state index in [-0.39, 0.29) is 12.0 Å². The van der Waals surface area contributed by atoms with Gasteiger partial charge in [0.2, 0.25) is 0 Å². The second-order valence-corrected chi connectivity index (χ2v) is 6.46. The molecule has 0 aromatic heterocycles. The summed E-state index contributed by atoms with van der Waals surface area (Å²) >= 11 is 0. The second-order valence-electron chi connectivity index (χ2n) is 6.46. The number of aliphatic hydroxyl groups is 1. The average Bonchev–Trinajstić information content (AvgIpc) is 2.88. The Morgan fingerprint density at radius 1 is 1.28 bits per heavy atom. The van der Waals surface area contributed by atoms with E-state index in [9.17, 15) is 5.11 Å². The first-order valence-corrected chi connectivity index (χ1v) is 7.58. The molecule has 3 nitrogen and oxygen atoms in total. The molecular weight excluding hydrogens is 226 g/mol. The first kappa shape index (κ1) is 14.3. The van der Waals surface area contributed by atoms with Gasteiger partial charge in [-0.3, -0.25) is 0 Å². The van der Waals surface area contributed by atoms with Crippen molar-refractivity contribution in [1.82, 2.24) is 4.90 Å². The molecule has 18 heavy (non-hydrogen) atoms. The Labute approximate surface area is 112 Å². The Morgan fingerprint density at radius 3 is 2.50 bits per heavy atom. The van der Waals surface area contributed by atoms with Crippen molar-refractivity contribution in [2.24, 2.45) is 11.3 Å². The van der Waals surface area contributed by atoms with Crippen molar-refractivity contribution in [2.75, 3.05) is 33.4 Å². The van der Waals surface area contributed by atoms with Crippen LogP contribution in [0.4, 0.5) is 0 Å². The molecule has 1 atom stereocenters. The van der Waals surface area contributed by atoms with E-state index in [1.807, 2.05) is 0 Å². The zero-order chi connectivity index (χ0) is 13.0. The molecule has 1 N–H and O–H groups in total. The predicted molar refractivity (Wildman–Crippen MR) is 73.6 cm³/mol. The maximum absolute atomic E-state index is 9.64. The van der Waals surface area contributed by atoms with Crippen LogP contribution in [0.25, 0.3) is 0 Å². The molecule has 0 radical (unpaired) electrons. The standard InChI is InChI=1S/C15H29NO2/c1-3-13-4-6-14(7-5-13)16(2)10-15(11-17)8-9-18-12-15/h13-14,17H,3-12H2,1-2H3. The lowest BCUT2D eigenvalue weighted by Crippen LogP contribution is -2.44. The van der Waals surface area contributed by atoms with Gasteiger partial charge >= 0.3 is 0 Å². The van der Waals surface area contributed by atoms with Crippen LogP contribution in [0.3, 0.4) is 0 Å². The molecule has 3 heteroatoms. The fraction of sp³-hybridized carbons (Fsp3) is 1.00. The van der Waals surface area contributed by atoms with Gasteiger partial charge in [0.1, 0.15) is 0 Å². The summed E-state index contributed by atoms with van der Waals surface area (Å²) < 4.78 is 5.49. The first-order chi connectivity index (χ1) is 8.69. The maximum Gasteiger partial charge on any atom is 0.0557 e. The molecule has 106 valence electrons. The fourth-order valence-electron chi connectivity index (χ4n) is 3.60. The lowest BCUT2D eigenvalue weighted by molar-refractivity contribution is 0.0419. The van der Waals surface area contributed by atoms with E-state index in [0.29, 0.717) is 0 Å². The molecular formula is C15H29NO2. The topological polar surface area (TPSA) is 32.7 Å². The number of rotatable bonds is 5. The van der Waals surface area contributed by atoms with Gasteiger partial charge in [-0.05, 0) is 45.1 Å². The van der Waals surface area contributed by atoms with Crippen molar-refractivity contribution in [1.29, 1.82) is 0 Å². The number of hydrogen-bond donors (Lipinski definition) is 1. The zero-order valence-corrected chi connectivity index (χ0v) is 12.0. The van der Waals surface area contributed by atoms with Crippen molar-refractivity contribution in [3.05, 3.63) is 0 Å². The van der Waals surface area contributed by atoms with Crippen molar-refractivity contribution < 1.29 is 9.84 Å². The smallest absolute Gasteiger partial charge is 0.0557 e. The summed E-state index contributed by atoms with van der Waals surface area (Å²) in [4.78, 5) is 2.48. The van der Waals surface area contributed by atoms with Gasteiger partial charge in [-0.2, -0.15) is 0 Å². The van der Waals surface area contributed by atoms with Crippen LogP contribution in [0.15, 0.2) is 0 Å². The minimum Gasteiger partial charge on any atom is -0.396 e. The number of hydrogen-bond acceptors (Lipinski definition) is 3. The summed E-state index contributed by atoms with van der Waals surface area (Å²) in [6.07, 6.45) is 7.78. The van der Waals surface area contributed by atoms with E-state index in [0.717, 1.165) is 38.1 Å². The van der Waals surface area contributed by atoms with Gasteiger partial charge in [-0.25, -0.2) is 0 Å². The van der Waals surface area contributed by atoms with Crippen LogP contribution in [0.2, 0.25) is 0 Å². The molecule has 0 bridgehead atoms. The predicted octanol–water partition coefficient (Wildman–Crippen LogP) is 2.29. The second kappa shape index (κ2) is 6.36. The molecule has 1 aliphatic heterocycles. The molecule has 1 unspecified atom stereocenters. The van der Waals surface area contributed by atoms with Crippen molar-refractivity contribution in [2.45, 2.75) is 51.5 Å². The third-order valence-electron chi connectivity index (χ3n) is 5.12. The quantitative estimate of drug-likeness (QED) is 0.818. The molecule has 0 aromatic carbocycles. The van der Waals surface area contributed by atoms with E-state index in [4.69, 9.17) is 4.74 Å². The molecule has 1 saturated heterocycles. The van der Waals surface area contributed by atoms with E-state index >= 15 is 0 Å². The lowest BCUT2D eigenvalue weighted by Gasteiger charge is -2.38. The van der Waals surface area contributed by atoms with Gasteiger partial charge in [0.15, 0.2) is 0 Å². The Hall–Kier alpha value is -0.120. The van der Waals surface area contributed by atoms with E-state index in [2.05, 4.69) is 18.9 Å². The molecule has 0 aromatic rings. The van der Waals surface area contributed by atoms with Gasteiger partial charge in [0.25, 0.3) is 0 Å². The van der Waals surface area contributed by atoms with Gasteiger partial charge in [0.05, 0.1) is 13.2 Å². The average molecular weight is 255 g/mol. The van der Waals surface area contributed by atoms with E-state index in [1.54, 1.807) is 0 Å². The highest BCUT2D eigenvalue weighted by Gasteiger charge is 2.37. The minimum atomic E-state index is 0.0103. The van der Waals surface area contributed by atoms with Gasteiger partial charge in [-0.1, -0.05) is 13.3 Å². The molecule has 0 spiro atoms. The van der Waals surface area contributed by atoms with Crippen LogP contribution in [-0.4, -0.2) is 49.5 Å². The van der Waals surface area contributed by atoms with Crippen molar-refractivity contribution in [3.63, 3.8) is 0 Å². The summed E-state index contributed by atoms with van der Waals surface area (Å²) in [5.41, 5.74) is 0.0103. The third kappa shape index (κ3) is 3.25. The van der Waals surface area contributed by atoms with Crippen LogP contribution in [-0.2, 0) is 4.74 Å². The van der Waals surface area contributed by atoms with Crippen LogP contribution < -0.4 is 0 Å². The van der Waals surface area contributed by atoms with E-state index in [1.165, 1.54) is 32.1 Å². The number of aliphatic hydroxyl groups excluding tert-OH is 1. The van der Waals surface area contributed by atoms with Crippen LogP contribution >= 0.6 is 0 Å². The van der Waals surface area contributed by atoms with Crippen LogP contribution in [0.1, 0.15) is 45.4 Å². The zero-order valence-electron chi connectivity index (χ0n) is 12.0. The molecule has 1 saturated carbocycles. The molecule has 2 rings (SSSR count). The van der Waals surface area contributed by atoms with Crippen LogP contribution in [0.5, 0.6) is 0 Å². The lowest BCUT2D eigenvalue weighted by atomic mass is 9.82. The normalized spacial score (nSPS) is 37.3. The summed E-state index contributed by atoms with van der Waals surface area (Å²) in [7, 11) is 2.23. The molecule has 2 fully saturated rings. The SMILES string of the molecule is CCC1CCC(N(C)CC2(CO)CCOC2)CC1. The molecule has 1 aliphatic carbocycles. The van der Waals surface area contributed by atoms with E-state index < -0.39 is 0 Å². The Bertz CT molecular complexity index is 243. The number of nitrogens with zero attached hydrogens (tertiary/aromatic N) is 1. The number of ether oxygens (including phenoxy) is 1. The molecule has 2 aliphatic rings. The molecule has 1 heterocycles. The maximum atomic E-state index is 9.64. The van der Waals surface area contributed by atoms with Crippen molar-refractivity contribution in [3.8, 4) is 0 Å². The van der Waals surface area contributed by atoms with Crippen molar-refractivity contribution >= 4 is 0 Å². The summed E-state index contributed by atoms with van der Waals surface area (Å²) in [6, 6.07) is 0.719. The highest BCUT2D eigenvalue weighted by Crippen LogP contribution is 2.33. The summed E-state index contributed by atoms with van der Waals surface area (Å²) in [6.45, 7) is 5.12. The Morgan fingerprint density at radius 2 is 2.00 bits per heavy atom. The Balaban J connectivity index is 1.82.